The molecule has 0 spiro atoms. The van der Waals surface area contributed by atoms with E-state index >= 15 is 0 Å². The third-order valence-corrected chi connectivity index (χ3v) is 3.55. The van der Waals surface area contributed by atoms with E-state index in [0.717, 1.165) is 5.56 Å². The maximum absolute atomic E-state index is 11.7. The smallest absolute Gasteiger partial charge is 0.220 e. The number of aryl methyl sites for hydroxylation is 1. The van der Waals surface area contributed by atoms with E-state index in [2.05, 4.69) is 31.2 Å². The molecule has 1 saturated heterocycles. The second-order valence-electron chi connectivity index (χ2n) is 5.65. The van der Waals surface area contributed by atoms with Crippen molar-refractivity contribution in [2.24, 2.45) is 0 Å². The average molecular weight is 247 g/mol. The molecule has 0 N–H and O–H groups in total. The number of morpholine rings is 1. The van der Waals surface area contributed by atoms with E-state index in [1.807, 2.05) is 18.7 Å². The van der Waals surface area contributed by atoms with Crippen LogP contribution in [0.1, 0.15) is 38.0 Å². The highest BCUT2D eigenvalue weighted by molar-refractivity contribution is 5.74. The summed E-state index contributed by atoms with van der Waals surface area (Å²) in [5.74, 6) is 0.111. The molecule has 2 rings (SSSR count). The number of carbonyl (C=O) groups is 1. The highest BCUT2D eigenvalue weighted by Gasteiger charge is 2.36. The molecule has 0 saturated carbocycles. The SMILES string of the molecule is CC(=O)N1CC(c2ccc(C)cc2)OCC1(C)C. The molecule has 1 aliphatic rings. The number of amides is 1. The van der Waals surface area contributed by atoms with Gasteiger partial charge in [-0.2, -0.15) is 0 Å². The number of hydrogen-bond acceptors (Lipinski definition) is 2. The maximum atomic E-state index is 11.7. The second-order valence-corrected chi connectivity index (χ2v) is 5.65. The lowest BCUT2D eigenvalue weighted by Gasteiger charge is -2.45. The second kappa shape index (κ2) is 4.73. The fourth-order valence-electron chi connectivity index (χ4n) is 2.39. The van der Waals surface area contributed by atoms with Gasteiger partial charge in [0.15, 0.2) is 0 Å². The molecule has 1 aromatic carbocycles. The van der Waals surface area contributed by atoms with Gasteiger partial charge in [-0.05, 0) is 26.3 Å². The lowest BCUT2D eigenvalue weighted by atomic mass is 9.98. The zero-order valence-corrected chi connectivity index (χ0v) is 11.6. The van der Waals surface area contributed by atoms with Crippen molar-refractivity contribution >= 4 is 5.91 Å². The van der Waals surface area contributed by atoms with Crippen LogP contribution in [0.2, 0.25) is 0 Å². The van der Waals surface area contributed by atoms with Crippen LogP contribution in [0.4, 0.5) is 0 Å². The van der Waals surface area contributed by atoms with Crippen LogP contribution in [0, 0.1) is 6.92 Å². The van der Waals surface area contributed by atoms with Crippen LogP contribution < -0.4 is 0 Å². The molecule has 0 radical (unpaired) electrons. The Kier molecular flexibility index (Phi) is 3.44. The molecule has 1 aliphatic heterocycles. The quantitative estimate of drug-likeness (QED) is 0.763. The first kappa shape index (κ1) is 13.1. The Morgan fingerprint density at radius 1 is 1.33 bits per heavy atom. The fourth-order valence-corrected chi connectivity index (χ4v) is 2.39. The molecular weight excluding hydrogens is 226 g/mol. The van der Waals surface area contributed by atoms with Crippen LogP contribution in [-0.2, 0) is 9.53 Å². The van der Waals surface area contributed by atoms with E-state index in [9.17, 15) is 4.79 Å². The molecule has 1 fully saturated rings. The summed E-state index contributed by atoms with van der Waals surface area (Å²) in [6.07, 6.45) is -0.0116. The van der Waals surface area contributed by atoms with E-state index in [4.69, 9.17) is 4.74 Å². The molecule has 1 amide bonds. The van der Waals surface area contributed by atoms with Crippen LogP contribution in [0.5, 0.6) is 0 Å². The minimum absolute atomic E-state index is 0.0116. The first-order chi connectivity index (χ1) is 8.40. The number of nitrogens with zero attached hydrogens (tertiary/aromatic N) is 1. The third kappa shape index (κ3) is 2.56. The number of benzene rings is 1. The minimum atomic E-state index is -0.215. The summed E-state index contributed by atoms with van der Waals surface area (Å²) in [6, 6.07) is 8.32. The van der Waals surface area contributed by atoms with Gasteiger partial charge < -0.3 is 9.64 Å². The molecule has 1 unspecified atom stereocenters. The van der Waals surface area contributed by atoms with Crippen molar-refractivity contribution in [2.75, 3.05) is 13.2 Å². The molecule has 0 aliphatic carbocycles. The predicted molar refractivity (Wildman–Crippen MR) is 71.3 cm³/mol. The highest BCUT2D eigenvalue weighted by atomic mass is 16.5. The number of carbonyl (C=O) groups excluding carboxylic acids is 1. The van der Waals surface area contributed by atoms with E-state index in [-0.39, 0.29) is 17.6 Å². The molecule has 1 aromatic rings. The standard InChI is InChI=1S/C15H21NO2/c1-11-5-7-13(8-6-11)14-9-16(12(2)17)15(3,4)10-18-14/h5-8,14H,9-10H2,1-4H3. The molecule has 0 bridgehead atoms. The Bertz CT molecular complexity index is 436. The van der Waals surface area contributed by atoms with E-state index < -0.39 is 0 Å². The minimum Gasteiger partial charge on any atom is -0.369 e. The van der Waals surface area contributed by atoms with Gasteiger partial charge in [0.1, 0.15) is 6.10 Å². The van der Waals surface area contributed by atoms with Crippen molar-refractivity contribution < 1.29 is 9.53 Å². The summed E-state index contributed by atoms with van der Waals surface area (Å²) in [7, 11) is 0. The molecule has 1 heterocycles. The van der Waals surface area contributed by atoms with Gasteiger partial charge in [0.05, 0.1) is 18.7 Å². The van der Waals surface area contributed by atoms with Crippen LogP contribution in [0.15, 0.2) is 24.3 Å². The Labute approximate surface area is 109 Å². The molecular formula is C15H21NO2. The van der Waals surface area contributed by atoms with Crippen molar-refractivity contribution in [3.63, 3.8) is 0 Å². The molecule has 1 atom stereocenters. The van der Waals surface area contributed by atoms with Crippen LogP contribution >= 0.6 is 0 Å². The van der Waals surface area contributed by atoms with Gasteiger partial charge in [-0.25, -0.2) is 0 Å². The Hall–Kier alpha value is -1.35. The molecule has 98 valence electrons. The Morgan fingerprint density at radius 3 is 2.50 bits per heavy atom. The molecule has 3 nitrogen and oxygen atoms in total. The van der Waals surface area contributed by atoms with Crippen LogP contribution in [0.3, 0.4) is 0 Å². The lowest BCUT2D eigenvalue weighted by molar-refractivity contribution is -0.152. The number of ether oxygens (including phenoxy) is 1. The first-order valence-electron chi connectivity index (χ1n) is 6.36. The zero-order valence-electron chi connectivity index (χ0n) is 11.6. The topological polar surface area (TPSA) is 29.5 Å². The predicted octanol–water partition coefficient (Wildman–Crippen LogP) is 2.69. The fraction of sp³-hybridized carbons (Fsp3) is 0.533. The summed E-state index contributed by atoms with van der Waals surface area (Å²) >= 11 is 0. The van der Waals surface area contributed by atoms with Crippen molar-refractivity contribution in [1.82, 2.24) is 4.90 Å². The van der Waals surface area contributed by atoms with Crippen molar-refractivity contribution in [3.05, 3.63) is 35.4 Å². The Morgan fingerprint density at radius 2 is 1.94 bits per heavy atom. The van der Waals surface area contributed by atoms with Crippen LogP contribution in [-0.4, -0.2) is 29.5 Å². The van der Waals surface area contributed by atoms with Gasteiger partial charge in [-0.3, -0.25) is 4.79 Å². The number of hydrogen-bond donors (Lipinski definition) is 0. The number of rotatable bonds is 1. The summed E-state index contributed by atoms with van der Waals surface area (Å²) < 4.78 is 5.91. The maximum Gasteiger partial charge on any atom is 0.220 e. The van der Waals surface area contributed by atoms with Gasteiger partial charge >= 0.3 is 0 Å². The van der Waals surface area contributed by atoms with Crippen LogP contribution in [0.25, 0.3) is 0 Å². The zero-order chi connectivity index (χ0) is 13.3. The molecule has 3 heteroatoms. The normalized spacial score (nSPS) is 22.9. The molecule has 18 heavy (non-hydrogen) atoms. The first-order valence-corrected chi connectivity index (χ1v) is 6.36. The van der Waals surface area contributed by atoms with Gasteiger partial charge in [0.2, 0.25) is 5.91 Å². The third-order valence-electron chi connectivity index (χ3n) is 3.55. The van der Waals surface area contributed by atoms with Gasteiger partial charge in [-0.15, -0.1) is 0 Å². The highest BCUT2D eigenvalue weighted by Crippen LogP contribution is 2.30. The van der Waals surface area contributed by atoms with Crippen molar-refractivity contribution in [2.45, 2.75) is 39.3 Å². The van der Waals surface area contributed by atoms with E-state index in [1.54, 1.807) is 6.92 Å². The van der Waals surface area contributed by atoms with Crippen molar-refractivity contribution in [3.8, 4) is 0 Å². The summed E-state index contributed by atoms with van der Waals surface area (Å²) in [5.41, 5.74) is 2.16. The monoisotopic (exact) mass is 247 g/mol. The average Bonchev–Trinajstić information content (AvgIpc) is 2.29. The lowest BCUT2D eigenvalue weighted by Crippen LogP contribution is -2.55. The summed E-state index contributed by atoms with van der Waals surface area (Å²) in [5, 5.41) is 0. The summed E-state index contributed by atoms with van der Waals surface area (Å²) in [6.45, 7) is 8.98. The van der Waals surface area contributed by atoms with Gasteiger partial charge in [0.25, 0.3) is 0 Å². The Balaban J connectivity index is 2.18. The van der Waals surface area contributed by atoms with E-state index in [0.29, 0.717) is 13.2 Å². The van der Waals surface area contributed by atoms with E-state index in [1.165, 1.54) is 5.56 Å². The van der Waals surface area contributed by atoms with Gasteiger partial charge in [0, 0.05) is 6.92 Å². The largest absolute Gasteiger partial charge is 0.369 e. The van der Waals surface area contributed by atoms with Gasteiger partial charge in [-0.1, -0.05) is 29.8 Å². The van der Waals surface area contributed by atoms with Crippen molar-refractivity contribution in [1.29, 1.82) is 0 Å². The summed E-state index contributed by atoms with van der Waals surface area (Å²) in [4.78, 5) is 13.6. The molecule has 0 aromatic heterocycles.